The summed E-state index contributed by atoms with van der Waals surface area (Å²) in [6, 6.07) is 0. The predicted octanol–water partition coefficient (Wildman–Crippen LogP) is 1.12. The van der Waals surface area contributed by atoms with Crippen LogP contribution in [0.1, 0.15) is 26.2 Å². The predicted molar refractivity (Wildman–Crippen MR) is 41.1 cm³/mol. The summed E-state index contributed by atoms with van der Waals surface area (Å²) in [4.78, 5) is 22.2. The van der Waals surface area contributed by atoms with Crippen LogP contribution in [0.4, 0.5) is 0 Å². The second kappa shape index (κ2) is 2.57. The molecular formula is C9H12O3. The molecule has 0 spiro atoms. The smallest absolute Gasteiger partial charge is 0.317 e. The molecule has 0 radical (unpaired) electrons. The Labute approximate surface area is 71.1 Å². The highest BCUT2D eigenvalue weighted by molar-refractivity contribution is 5.96. The summed E-state index contributed by atoms with van der Waals surface area (Å²) in [5, 5.41) is 0. The van der Waals surface area contributed by atoms with E-state index in [-0.39, 0.29) is 23.8 Å². The van der Waals surface area contributed by atoms with Gasteiger partial charge in [-0.15, -0.1) is 0 Å². The van der Waals surface area contributed by atoms with Gasteiger partial charge in [-0.3, -0.25) is 9.59 Å². The SMILES string of the molecule is CC1CC[C@@H]2C(=O)OC(=O)[C@@H]2C1. The van der Waals surface area contributed by atoms with Gasteiger partial charge in [0.2, 0.25) is 0 Å². The average Bonchev–Trinajstić information content (AvgIpc) is 2.28. The van der Waals surface area contributed by atoms with Gasteiger partial charge in [0.15, 0.2) is 0 Å². The van der Waals surface area contributed by atoms with Gasteiger partial charge in [-0.25, -0.2) is 0 Å². The molecule has 12 heavy (non-hydrogen) atoms. The maximum Gasteiger partial charge on any atom is 0.317 e. The monoisotopic (exact) mass is 168 g/mol. The second-order valence-electron chi connectivity index (χ2n) is 3.87. The Balaban J connectivity index is 2.17. The summed E-state index contributed by atoms with van der Waals surface area (Å²) >= 11 is 0. The number of rotatable bonds is 0. The molecule has 2 aliphatic rings. The lowest BCUT2D eigenvalue weighted by Crippen LogP contribution is -2.25. The fraction of sp³-hybridized carbons (Fsp3) is 0.778. The lowest BCUT2D eigenvalue weighted by Gasteiger charge is -2.24. The molecule has 66 valence electrons. The third-order valence-electron chi connectivity index (χ3n) is 2.92. The number of esters is 2. The Bertz CT molecular complexity index is 234. The number of carbonyl (C=O) groups excluding carboxylic acids is 2. The first-order valence-electron chi connectivity index (χ1n) is 4.44. The Morgan fingerprint density at radius 2 is 1.83 bits per heavy atom. The van der Waals surface area contributed by atoms with Crippen molar-refractivity contribution in [2.24, 2.45) is 17.8 Å². The van der Waals surface area contributed by atoms with Gasteiger partial charge < -0.3 is 4.74 Å². The first-order valence-corrected chi connectivity index (χ1v) is 4.44. The van der Waals surface area contributed by atoms with E-state index >= 15 is 0 Å². The molecule has 0 aromatic heterocycles. The molecule has 0 N–H and O–H groups in total. The molecule has 1 aliphatic carbocycles. The zero-order valence-electron chi connectivity index (χ0n) is 7.08. The topological polar surface area (TPSA) is 43.4 Å². The lowest BCUT2D eigenvalue weighted by molar-refractivity contribution is -0.153. The highest BCUT2D eigenvalue weighted by Gasteiger charge is 2.46. The van der Waals surface area contributed by atoms with Gasteiger partial charge in [-0.05, 0) is 25.2 Å². The van der Waals surface area contributed by atoms with Crippen molar-refractivity contribution in [3.8, 4) is 0 Å². The Hall–Kier alpha value is -0.860. The van der Waals surface area contributed by atoms with Crippen LogP contribution in [0.5, 0.6) is 0 Å². The summed E-state index contributed by atoms with van der Waals surface area (Å²) in [6.07, 6.45) is 2.70. The van der Waals surface area contributed by atoms with Crippen LogP contribution in [0, 0.1) is 17.8 Å². The zero-order chi connectivity index (χ0) is 8.72. The van der Waals surface area contributed by atoms with Crippen molar-refractivity contribution in [2.45, 2.75) is 26.2 Å². The summed E-state index contributed by atoms with van der Waals surface area (Å²) < 4.78 is 4.58. The number of hydrogen-bond acceptors (Lipinski definition) is 3. The van der Waals surface area contributed by atoms with Crippen molar-refractivity contribution in [1.29, 1.82) is 0 Å². The normalized spacial score (nSPS) is 40.9. The summed E-state index contributed by atoms with van der Waals surface area (Å²) in [6.45, 7) is 2.12. The van der Waals surface area contributed by atoms with Gasteiger partial charge in [0.25, 0.3) is 0 Å². The van der Waals surface area contributed by atoms with Crippen LogP contribution in [0.2, 0.25) is 0 Å². The van der Waals surface area contributed by atoms with E-state index in [9.17, 15) is 9.59 Å². The van der Waals surface area contributed by atoms with Crippen LogP contribution < -0.4 is 0 Å². The highest BCUT2D eigenvalue weighted by Crippen LogP contribution is 2.38. The number of fused-ring (bicyclic) bond motifs is 1. The van der Waals surface area contributed by atoms with Crippen LogP contribution >= 0.6 is 0 Å². The molecule has 1 unspecified atom stereocenters. The van der Waals surface area contributed by atoms with Crippen molar-refractivity contribution in [3.05, 3.63) is 0 Å². The zero-order valence-corrected chi connectivity index (χ0v) is 7.08. The van der Waals surface area contributed by atoms with Crippen LogP contribution in [0.3, 0.4) is 0 Å². The molecule has 3 atom stereocenters. The minimum atomic E-state index is -0.295. The van der Waals surface area contributed by atoms with Crippen molar-refractivity contribution in [3.63, 3.8) is 0 Å². The molecule has 3 heteroatoms. The molecule has 2 fully saturated rings. The summed E-state index contributed by atoms with van der Waals surface area (Å²) in [5.74, 6) is -0.270. The lowest BCUT2D eigenvalue weighted by atomic mass is 9.76. The first-order chi connectivity index (χ1) is 5.68. The third kappa shape index (κ3) is 1.04. The van der Waals surface area contributed by atoms with E-state index in [1.54, 1.807) is 0 Å². The van der Waals surface area contributed by atoms with Crippen molar-refractivity contribution >= 4 is 11.9 Å². The minimum absolute atomic E-state index is 0.117. The molecular weight excluding hydrogens is 156 g/mol. The van der Waals surface area contributed by atoms with Crippen molar-refractivity contribution < 1.29 is 14.3 Å². The van der Waals surface area contributed by atoms with E-state index in [2.05, 4.69) is 11.7 Å². The van der Waals surface area contributed by atoms with Gasteiger partial charge in [0.05, 0.1) is 11.8 Å². The molecule has 1 saturated heterocycles. The van der Waals surface area contributed by atoms with Crippen LogP contribution in [0.15, 0.2) is 0 Å². The van der Waals surface area contributed by atoms with Crippen molar-refractivity contribution in [2.75, 3.05) is 0 Å². The van der Waals surface area contributed by atoms with E-state index in [1.165, 1.54) is 0 Å². The van der Waals surface area contributed by atoms with E-state index in [0.717, 1.165) is 19.3 Å². The van der Waals surface area contributed by atoms with Gasteiger partial charge in [-0.1, -0.05) is 6.92 Å². The maximum absolute atomic E-state index is 11.1. The van der Waals surface area contributed by atoms with Gasteiger partial charge in [0, 0.05) is 0 Å². The van der Waals surface area contributed by atoms with Gasteiger partial charge in [0.1, 0.15) is 0 Å². The number of hydrogen-bond donors (Lipinski definition) is 0. The van der Waals surface area contributed by atoms with E-state index in [1.807, 2.05) is 0 Å². The van der Waals surface area contributed by atoms with Gasteiger partial charge >= 0.3 is 11.9 Å². The van der Waals surface area contributed by atoms with Gasteiger partial charge in [-0.2, -0.15) is 0 Å². The highest BCUT2D eigenvalue weighted by atomic mass is 16.6. The molecule has 3 nitrogen and oxygen atoms in total. The van der Waals surface area contributed by atoms with E-state index in [4.69, 9.17) is 0 Å². The summed E-state index contributed by atoms with van der Waals surface area (Å²) in [5.41, 5.74) is 0. The van der Waals surface area contributed by atoms with Crippen LogP contribution in [0.25, 0.3) is 0 Å². The molecule has 1 saturated carbocycles. The molecule has 0 amide bonds. The fourth-order valence-electron chi connectivity index (χ4n) is 2.17. The van der Waals surface area contributed by atoms with E-state index < -0.39 is 0 Å². The number of ether oxygens (including phenoxy) is 1. The van der Waals surface area contributed by atoms with Crippen molar-refractivity contribution in [1.82, 2.24) is 0 Å². The quantitative estimate of drug-likeness (QED) is 0.402. The molecule has 1 aliphatic heterocycles. The molecule has 2 rings (SSSR count). The number of carbonyl (C=O) groups is 2. The minimum Gasteiger partial charge on any atom is -0.393 e. The Morgan fingerprint density at radius 3 is 2.58 bits per heavy atom. The van der Waals surface area contributed by atoms with Crippen LogP contribution in [-0.4, -0.2) is 11.9 Å². The number of cyclic esters (lactones) is 2. The second-order valence-corrected chi connectivity index (χ2v) is 3.87. The Kier molecular flexibility index (Phi) is 1.67. The largest absolute Gasteiger partial charge is 0.393 e. The van der Waals surface area contributed by atoms with Crippen LogP contribution in [-0.2, 0) is 14.3 Å². The fourth-order valence-corrected chi connectivity index (χ4v) is 2.17. The third-order valence-corrected chi connectivity index (χ3v) is 2.92. The first kappa shape index (κ1) is 7.77. The maximum atomic E-state index is 11.1. The summed E-state index contributed by atoms with van der Waals surface area (Å²) in [7, 11) is 0. The average molecular weight is 168 g/mol. The Morgan fingerprint density at radius 1 is 1.17 bits per heavy atom. The molecule has 0 bridgehead atoms. The molecule has 1 heterocycles. The standard InChI is InChI=1S/C9H12O3/c1-5-2-3-6-7(4-5)9(11)12-8(6)10/h5-7H,2-4H2,1H3/t5?,6-,7+/m0/s1. The molecule has 0 aromatic rings. The molecule has 0 aromatic carbocycles. The van der Waals surface area contributed by atoms with E-state index in [0.29, 0.717) is 5.92 Å².